The first-order valence-corrected chi connectivity index (χ1v) is 35.0. The van der Waals surface area contributed by atoms with Crippen LogP contribution in [-0.4, -0.2) is 37.2 Å². The maximum Gasteiger partial charge on any atom is 0.306 e. The van der Waals surface area contributed by atoms with E-state index in [-0.39, 0.29) is 31.1 Å². The molecular weight excluding hydrogens is 1020 g/mol. The van der Waals surface area contributed by atoms with E-state index in [0.717, 1.165) is 128 Å². The number of ether oxygens (including phenoxy) is 3. The summed E-state index contributed by atoms with van der Waals surface area (Å²) in [7, 11) is 0. The van der Waals surface area contributed by atoms with Gasteiger partial charge in [-0.3, -0.25) is 14.4 Å². The third-order valence-electron chi connectivity index (χ3n) is 15.0. The van der Waals surface area contributed by atoms with Crippen molar-refractivity contribution in [2.75, 3.05) is 13.2 Å². The number of unbranched alkanes of at least 4 members (excludes halogenated alkanes) is 32. The predicted molar refractivity (Wildman–Crippen MR) is 362 cm³/mol. The molecule has 0 N–H and O–H groups in total. The van der Waals surface area contributed by atoms with Gasteiger partial charge in [0.15, 0.2) is 6.10 Å². The monoisotopic (exact) mass is 1150 g/mol. The Hall–Kier alpha value is -4.19. The maximum absolute atomic E-state index is 12.9. The highest BCUT2D eigenvalue weighted by Gasteiger charge is 2.19. The van der Waals surface area contributed by atoms with Crippen LogP contribution in [0.1, 0.15) is 329 Å². The molecule has 1 unspecified atom stereocenters. The minimum atomic E-state index is -0.780. The minimum absolute atomic E-state index is 0.0783. The van der Waals surface area contributed by atoms with E-state index in [9.17, 15) is 14.4 Å². The number of rotatable bonds is 63. The van der Waals surface area contributed by atoms with Crippen LogP contribution in [-0.2, 0) is 28.6 Å². The van der Waals surface area contributed by atoms with Crippen molar-refractivity contribution in [3.8, 4) is 0 Å². The van der Waals surface area contributed by atoms with Crippen LogP contribution in [0.5, 0.6) is 0 Å². The second-order valence-electron chi connectivity index (χ2n) is 23.0. The molecule has 6 nitrogen and oxygen atoms in total. The topological polar surface area (TPSA) is 78.9 Å². The van der Waals surface area contributed by atoms with Crippen LogP contribution in [0.3, 0.4) is 0 Å². The molecule has 0 heterocycles. The molecule has 0 saturated carbocycles. The predicted octanol–water partition coefficient (Wildman–Crippen LogP) is 24.3. The number of esters is 3. The van der Waals surface area contributed by atoms with Crippen molar-refractivity contribution < 1.29 is 28.6 Å². The number of carbonyl (C=O) groups excluding carboxylic acids is 3. The summed E-state index contributed by atoms with van der Waals surface area (Å²) in [6.07, 6.45) is 98.3. The zero-order valence-corrected chi connectivity index (χ0v) is 54.4. The second-order valence-corrected chi connectivity index (χ2v) is 23.0. The van der Waals surface area contributed by atoms with Crippen LogP contribution >= 0.6 is 0 Å². The number of hydrogen-bond donors (Lipinski definition) is 0. The molecule has 0 aromatic carbocycles. The summed E-state index contributed by atoms with van der Waals surface area (Å²) in [5.74, 6) is -0.880. The largest absolute Gasteiger partial charge is 0.462 e. The molecular formula is C77H130O6. The average molecular weight is 1150 g/mol. The van der Waals surface area contributed by atoms with Gasteiger partial charge in [-0.15, -0.1) is 0 Å². The van der Waals surface area contributed by atoms with Gasteiger partial charge in [0.1, 0.15) is 13.2 Å². The van der Waals surface area contributed by atoms with Gasteiger partial charge in [0.05, 0.1) is 0 Å². The lowest BCUT2D eigenvalue weighted by Crippen LogP contribution is -2.30. The van der Waals surface area contributed by atoms with Crippen LogP contribution in [0.2, 0.25) is 0 Å². The summed E-state index contributed by atoms with van der Waals surface area (Å²) in [5, 5.41) is 0. The Morgan fingerprint density at radius 2 is 0.470 bits per heavy atom. The van der Waals surface area contributed by atoms with E-state index in [1.807, 2.05) is 0 Å². The normalized spacial score (nSPS) is 12.9. The Bertz CT molecular complexity index is 1700. The molecule has 0 aromatic heterocycles. The molecule has 0 rings (SSSR count). The first-order valence-electron chi connectivity index (χ1n) is 35.0. The first kappa shape index (κ1) is 78.8. The van der Waals surface area contributed by atoms with Crippen molar-refractivity contribution >= 4 is 17.9 Å². The van der Waals surface area contributed by atoms with Crippen molar-refractivity contribution in [3.05, 3.63) is 122 Å². The van der Waals surface area contributed by atoms with Gasteiger partial charge in [0.25, 0.3) is 0 Å². The molecule has 0 amide bonds. The molecule has 0 bridgehead atoms. The average Bonchev–Trinajstić information content (AvgIpc) is 3.50. The SMILES string of the molecule is CC/C=C\C/C=C\C/C=C\C/C=C\C/C=C\CCCCCCCCCCCCCCCCCCCC(=O)OCC(COC(=O)CCCCCCCCC)OC(=O)CCCCCCCCCCC/C=C\C/C=C\C/C=C\C/C=C\C/C=C\CC. The number of hydrogen-bond acceptors (Lipinski definition) is 6. The summed E-state index contributed by atoms with van der Waals surface area (Å²) in [6.45, 7) is 6.39. The van der Waals surface area contributed by atoms with E-state index >= 15 is 0 Å². The standard InChI is InChI=1S/C77H130O6/c1-4-7-10-13-16-18-20-22-24-26-28-30-32-34-35-36-37-38-39-40-41-43-44-46-48-50-52-54-56-58-61-64-67-70-76(79)82-73-74(72-81-75(78)69-66-63-60-15-12-9-6-3)83-77(80)71-68-65-62-59-57-55-53-51-49-47-45-42-33-31-29-27-25-23-21-19-17-14-11-8-5-2/h7-8,10-11,16-19,22-25,28-31,34-35,42,45,74H,4-6,9,12-15,20-21,26-27,32-33,36-41,43-44,46-73H2,1-3H3/b10-7-,11-8-,18-16-,19-17-,24-22-,25-23-,30-28-,31-29-,35-34-,45-42-. The molecule has 0 aromatic rings. The molecule has 0 aliphatic heterocycles. The van der Waals surface area contributed by atoms with Gasteiger partial charge < -0.3 is 14.2 Å². The quantitative estimate of drug-likeness (QED) is 0.0261. The first-order chi connectivity index (χ1) is 41.0. The zero-order valence-electron chi connectivity index (χ0n) is 54.4. The van der Waals surface area contributed by atoms with Gasteiger partial charge in [-0.05, 0) is 109 Å². The van der Waals surface area contributed by atoms with Crippen LogP contribution in [0, 0.1) is 0 Å². The van der Waals surface area contributed by atoms with Crippen molar-refractivity contribution in [2.45, 2.75) is 335 Å². The van der Waals surface area contributed by atoms with Crippen LogP contribution < -0.4 is 0 Å². The van der Waals surface area contributed by atoms with Crippen molar-refractivity contribution in [1.29, 1.82) is 0 Å². The Balaban J connectivity index is 4.07. The lowest BCUT2D eigenvalue weighted by atomic mass is 10.0. The molecule has 0 fully saturated rings. The fourth-order valence-corrected chi connectivity index (χ4v) is 9.79. The summed E-state index contributed by atoms with van der Waals surface area (Å²) in [5.41, 5.74) is 0. The molecule has 1 atom stereocenters. The Kier molecular flexibility index (Phi) is 66.7. The number of carbonyl (C=O) groups is 3. The van der Waals surface area contributed by atoms with Crippen molar-refractivity contribution in [2.24, 2.45) is 0 Å². The van der Waals surface area contributed by atoms with Gasteiger partial charge in [0.2, 0.25) is 0 Å². The van der Waals surface area contributed by atoms with E-state index < -0.39 is 6.10 Å². The van der Waals surface area contributed by atoms with Crippen molar-refractivity contribution in [3.63, 3.8) is 0 Å². The molecule has 0 spiro atoms. The third-order valence-corrected chi connectivity index (χ3v) is 15.0. The van der Waals surface area contributed by atoms with Crippen LogP contribution in [0.15, 0.2) is 122 Å². The van der Waals surface area contributed by atoms with Gasteiger partial charge >= 0.3 is 17.9 Å². The van der Waals surface area contributed by atoms with E-state index in [1.54, 1.807) is 0 Å². The summed E-state index contributed by atoms with van der Waals surface area (Å²) >= 11 is 0. The Morgan fingerprint density at radius 3 is 0.735 bits per heavy atom. The summed E-state index contributed by atoms with van der Waals surface area (Å²) in [6, 6.07) is 0. The smallest absolute Gasteiger partial charge is 0.306 e. The number of allylic oxidation sites excluding steroid dienone is 20. The van der Waals surface area contributed by atoms with Crippen LogP contribution in [0.4, 0.5) is 0 Å². The zero-order chi connectivity index (χ0) is 59.9. The van der Waals surface area contributed by atoms with E-state index in [0.29, 0.717) is 19.3 Å². The molecule has 83 heavy (non-hydrogen) atoms. The molecule has 0 saturated heterocycles. The molecule has 0 aliphatic rings. The molecule has 0 radical (unpaired) electrons. The summed E-state index contributed by atoms with van der Waals surface area (Å²) in [4.78, 5) is 38.2. The van der Waals surface area contributed by atoms with Crippen LogP contribution in [0.25, 0.3) is 0 Å². The highest BCUT2D eigenvalue weighted by atomic mass is 16.6. The maximum atomic E-state index is 12.9. The van der Waals surface area contributed by atoms with E-state index in [4.69, 9.17) is 14.2 Å². The minimum Gasteiger partial charge on any atom is -0.462 e. The Labute approximate surface area is 513 Å². The highest BCUT2D eigenvalue weighted by molar-refractivity contribution is 5.71. The summed E-state index contributed by atoms with van der Waals surface area (Å²) < 4.78 is 16.9. The Morgan fingerprint density at radius 1 is 0.253 bits per heavy atom. The second kappa shape index (κ2) is 70.3. The molecule has 6 heteroatoms. The van der Waals surface area contributed by atoms with E-state index in [1.165, 1.54) is 161 Å². The molecule has 0 aliphatic carbocycles. The van der Waals surface area contributed by atoms with Gasteiger partial charge in [-0.1, -0.05) is 322 Å². The molecule has 474 valence electrons. The van der Waals surface area contributed by atoms with Gasteiger partial charge in [0, 0.05) is 19.3 Å². The lowest BCUT2D eigenvalue weighted by Gasteiger charge is -2.18. The highest BCUT2D eigenvalue weighted by Crippen LogP contribution is 2.17. The fourth-order valence-electron chi connectivity index (χ4n) is 9.79. The van der Waals surface area contributed by atoms with Gasteiger partial charge in [-0.25, -0.2) is 0 Å². The van der Waals surface area contributed by atoms with Crippen molar-refractivity contribution in [1.82, 2.24) is 0 Å². The van der Waals surface area contributed by atoms with E-state index in [2.05, 4.69) is 142 Å². The lowest BCUT2D eigenvalue weighted by molar-refractivity contribution is -0.167. The van der Waals surface area contributed by atoms with Gasteiger partial charge in [-0.2, -0.15) is 0 Å². The third kappa shape index (κ3) is 68.5. The fraction of sp³-hybridized carbons (Fsp3) is 0.701.